The molecule has 2 N–H and O–H groups in total. The van der Waals surface area contributed by atoms with Crippen molar-refractivity contribution in [3.63, 3.8) is 0 Å². The first-order valence-corrected chi connectivity index (χ1v) is 8.59. The molecule has 1 saturated carbocycles. The molecule has 2 aromatic rings. The highest BCUT2D eigenvalue weighted by atomic mass is 16.3. The number of benzene rings is 1. The number of hydrogen-bond acceptors (Lipinski definition) is 4. The lowest BCUT2D eigenvalue weighted by Gasteiger charge is -2.09. The van der Waals surface area contributed by atoms with E-state index in [4.69, 9.17) is 0 Å². The molecule has 0 bridgehead atoms. The van der Waals surface area contributed by atoms with Gasteiger partial charge in [0.25, 0.3) is 5.91 Å². The second kappa shape index (κ2) is 7.13. The number of nitrogens with one attached hydrogen (secondary N) is 1. The minimum atomic E-state index is -0.378. The molecule has 1 heterocycles. The van der Waals surface area contributed by atoms with Gasteiger partial charge in [0.15, 0.2) is 5.69 Å². The summed E-state index contributed by atoms with van der Waals surface area (Å²) in [5, 5.41) is 20.8. The number of rotatable bonds is 7. The van der Waals surface area contributed by atoms with Crippen molar-refractivity contribution in [3.05, 3.63) is 41.2 Å². The summed E-state index contributed by atoms with van der Waals surface area (Å²) in [6.07, 6.45) is 2.98. The smallest absolute Gasteiger partial charge is 0.273 e. The molecule has 0 spiro atoms. The Bertz CT molecular complexity index is 704. The molecule has 1 atom stereocenters. The summed E-state index contributed by atoms with van der Waals surface area (Å²) in [6, 6.07) is 8.05. The molecule has 1 amide bonds. The first-order valence-electron chi connectivity index (χ1n) is 8.59. The van der Waals surface area contributed by atoms with Crippen molar-refractivity contribution in [2.45, 2.75) is 51.6 Å². The highest BCUT2D eigenvalue weighted by molar-refractivity contribution is 5.93. The van der Waals surface area contributed by atoms with Crippen molar-refractivity contribution in [1.82, 2.24) is 20.3 Å². The quantitative estimate of drug-likeness (QED) is 0.817. The maximum atomic E-state index is 12.5. The molecular formula is C18H24N4O2. The maximum absolute atomic E-state index is 12.5. The lowest BCUT2D eigenvalue weighted by molar-refractivity contribution is 0.0936. The number of carbonyl (C=O) groups is 1. The van der Waals surface area contributed by atoms with Crippen molar-refractivity contribution in [2.75, 3.05) is 6.54 Å². The zero-order chi connectivity index (χ0) is 17.1. The van der Waals surface area contributed by atoms with Gasteiger partial charge in [0.2, 0.25) is 0 Å². The van der Waals surface area contributed by atoms with Gasteiger partial charge in [0.1, 0.15) is 0 Å². The van der Waals surface area contributed by atoms with E-state index in [1.54, 1.807) is 4.68 Å². The fraction of sp³-hybridized carbons (Fsp3) is 0.500. The van der Waals surface area contributed by atoms with Crippen LogP contribution in [0, 0.1) is 6.92 Å². The molecule has 1 fully saturated rings. The summed E-state index contributed by atoms with van der Waals surface area (Å²) in [7, 11) is 0. The minimum absolute atomic E-state index is 0.210. The number of aromatic nitrogens is 3. The summed E-state index contributed by atoms with van der Waals surface area (Å²) in [5.74, 6) is 0.141. The fourth-order valence-corrected chi connectivity index (χ4v) is 2.69. The topological polar surface area (TPSA) is 80.0 Å². The Morgan fingerprint density at radius 1 is 1.38 bits per heavy atom. The van der Waals surface area contributed by atoms with Crippen LogP contribution < -0.4 is 5.32 Å². The van der Waals surface area contributed by atoms with Crippen LogP contribution in [0.25, 0.3) is 5.69 Å². The average molecular weight is 328 g/mol. The van der Waals surface area contributed by atoms with Gasteiger partial charge < -0.3 is 10.4 Å². The van der Waals surface area contributed by atoms with Gasteiger partial charge in [-0.15, -0.1) is 5.10 Å². The van der Waals surface area contributed by atoms with Crippen LogP contribution in [0.5, 0.6) is 0 Å². The normalized spacial score (nSPS) is 15.3. The number of carbonyl (C=O) groups excluding carboxylic acids is 1. The summed E-state index contributed by atoms with van der Waals surface area (Å²) in [5.41, 5.74) is 3.41. The number of nitrogens with zero attached hydrogens (tertiary/aromatic N) is 3. The van der Waals surface area contributed by atoms with Crippen molar-refractivity contribution < 1.29 is 9.90 Å². The van der Waals surface area contributed by atoms with Crippen LogP contribution >= 0.6 is 0 Å². The fourth-order valence-electron chi connectivity index (χ4n) is 2.69. The highest BCUT2D eigenvalue weighted by Crippen LogP contribution is 2.41. The molecule has 128 valence electrons. The van der Waals surface area contributed by atoms with Crippen molar-refractivity contribution in [2.24, 2.45) is 0 Å². The van der Waals surface area contributed by atoms with Gasteiger partial charge in [-0.1, -0.05) is 29.8 Å². The van der Waals surface area contributed by atoms with Crippen LogP contribution in [0.4, 0.5) is 0 Å². The Morgan fingerprint density at radius 3 is 2.71 bits per heavy atom. The Kier molecular flexibility index (Phi) is 4.94. The number of aliphatic hydroxyl groups is 1. The molecule has 0 radical (unpaired) electrons. The predicted molar refractivity (Wildman–Crippen MR) is 91.3 cm³/mol. The Hall–Kier alpha value is -2.21. The zero-order valence-electron chi connectivity index (χ0n) is 14.2. The van der Waals surface area contributed by atoms with E-state index < -0.39 is 0 Å². The molecule has 24 heavy (non-hydrogen) atoms. The van der Waals surface area contributed by atoms with Crippen LogP contribution in [0.2, 0.25) is 0 Å². The van der Waals surface area contributed by atoms with Gasteiger partial charge in [0, 0.05) is 12.5 Å². The average Bonchev–Trinajstić information content (AvgIpc) is 3.33. The Labute approximate surface area is 141 Å². The third-order valence-corrected chi connectivity index (χ3v) is 4.40. The van der Waals surface area contributed by atoms with E-state index >= 15 is 0 Å². The molecule has 1 unspecified atom stereocenters. The van der Waals surface area contributed by atoms with Gasteiger partial charge in [0.05, 0.1) is 17.5 Å². The summed E-state index contributed by atoms with van der Waals surface area (Å²) in [6.45, 7) is 4.40. The van der Waals surface area contributed by atoms with Crippen LogP contribution in [0.1, 0.15) is 60.3 Å². The van der Waals surface area contributed by atoms with Crippen molar-refractivity contribution in [1.29, 1.82) is 0 Å². The monoisotopic (exact) mass is 328 g/mol. The molecule has 6 heteroatoms. The first-order chi connectivity index (χ1) is 11.6. The summed E-state index contributed by atoms with van der Waals surface area (Å²) in [4.78, 5) is 12.5. The molecule has 1 aliphatic rings. The van der Waals surface area contributed by atoms with Crippen molar-refractivity contribution >= 4 is 5.91 Å². The lowest BCUT2D eigenvalue weighted by atomic mass is 10.1. The lowest BCUT2D eigenvalue weighted by Crippen LogP contribution is -2.28. The molecule has 6 nitrogen and oxygen atoms in total. The van der Waals surface area contributed by atoms with E-state index in [1.807, 2.05) is 38.1 Å². The van der Waals surface area contributed by atoms with Crippen molar-refractivity contribution in [3.8, 4) is 5.69 Å². The van der Waals surface area contributed by atoms with E-state index in [2.05, 4.69) is 15.6 Å². The van der Waals surface area contributed by atoms with Gasteiger partial charge in [-0.2, -0.15) is 0 Å². The molecule has 0 aliphatic heterocycles. The number of aryl methyl sites for hydroxylation is 1. The predicted octanol–water partition coefficient (Wildman–Crippen LogP) is 2.34. The van der Waals surface area contributed by atoms with Crippen LogP contribution in [-0.4, -0.2) is 38.7 Å². The van der Waals surface area contributed by atoms with E-state index in [9.17, 15) is 9.90 Å². The Morgan fingerprint density at radius 2 is 2.08 bits per heavy atom. The first kappa shape index (κ1) is 16.6. The second-order valence-electron chi connectivity index (χ2n) is 6.45. The third kappa shape index (κ3) is 3.64. The van der Waals surface area contributed by atoms with Gasteiger partial charge in [-0.3, -0.25) is 4.79 Å². The SMILES string of the molecule is CCC(O)CCNC(=O)c1nnn(-c2ccc(C)cc2)c1C1CC1. The van der Waals surface area contributed by atoms with E-state index in [1.165, 1.54) is 5.56 Å². The largest absolute Gasteiger partial charge is 0.393 e. The number of aliphatic hydroxyl groups excluding tert-OH is 1. The Balaban J connectivity index is 1.79. The van der Waals surface area contributed by atoms with Gasteiger partial charge in [-0.05, 0) is 44.7 Å². The second-order valence-corrected chi connectivity index (χ2v) is 6.45. The van der Waals surface area contributed by atoms with E-state index in [0.29, 0.717) is 31.0 Å². The molecule has 1 aromatic heterocycles. The van der Waals surface area contributed by atoms with E-state index in [0.717, 1.165) is 24.2 Å². The summed E-state index contributed by atoms with van der Waals surface area (Å²) < 4.78 is 1.78. The minimum Gasteiger partial charge on any atom is -0.393 e. The number of hydrogen-bond donors (Lipinski definition) is 2. The van der Waals surface area contributed by atoms with Gasteiger partial charge >= 0.3 is 0 Å². The van der Waals surface area contributed by atoms with E-state index in [-0.39, 0.29) is 12.0 Å². The molecule has 0 saturated heterocycles. The summed E-state index contributed by atoms with van der Waals surface area (Å²) >= 11 is 0. The molecule has 1 aromatic carbocycles. The zero-order valence-corrected chi connectivity index (χ0v) is 14.2. The van der Waals surface area contributed by atoms with Crippen LogP contribution in [0.15, 0.2) is 24.3 Å². The molecular weight excluding hydrogens is 304 g/mol. The third-order valence-electron chi connectivity index (χ3n) is 4.40. The molecule has 3 rings (SSSR count). The maximum Gasteiger partial charge on any atom is 0.273 e. The van der Waals surface area contributed by atoms with Crippen LogP contribution in [-0.2, 0) is 0 Å². The standard InChI is InChI=1S/C18H24N4O2/c1-3-15(23)10-11-19-18(24)16-17(13-6-7-13)22(21-20-16)14-8-4-12(2)5-9-14/h4-5,8-9,13,15,23H,3,6-7,10-11H2,1-2H3,(H,19,24). The number of amides is 1. The van der Waals surface area contributed by atoms with Gasteiger partial charge in [-0.25, -0.2) is 4.68 Å². The molecule has 1 aliphatic carbocycles. The van der Waals surface area contributed by atoms with Crippen LogP contribution in [0.3, 0.4) is 0 Å². The highest BCUT2D eigenvalue weighted by Gasteiger charge is 2.34.